The Kier molecular flexibility index (Phi) is 2.68. The van der Waals surface area contributed by atoms with E-state index in [1.807, 2.05) is 0 Å². The Morgan fingerprint density at radius 2 is 2.00 bits per heavy atom. The quantitative estimate of drug-likeness (QED) is 0.519. The van der Waals surface area contributed by atoms with Crippen molar-refractivity contribution in [2.75, 3.05) is 5.75 Å². The fourth-order valence-corrected chi connectivity index (χ4v) is 0.741. The van der Waals surface area contributed by atoms with E-state index in [0.29, 0.717) is 6.42 Å². The Balaban J connectivity index is 3.95. The molecule has 0 aromatic rings. The topological polar surface area (TPSA) is 46.5 Å². The van der Waals surface area contributed by atoms with Crippen LogP contribution in [-0.4, -0.2) is 20.9 Å². The van der Waals surface area contributed by atoms with Crippen LogP contribution >= 0.6 is 0 Å². The van der Waals surface area contributed by atoms with Crippen molar-refractivity contribution >= 4 is 16.7 Å². The molecule has 1 radical (unpaired) electrons. The van der Waals surface area contributed by atoms with E-state index in [1.165, 1.54) is 0 Å². The molecule has 0 aliphatic carbocycles. The molecule has 3 nitrogen and oxygen atoms in total. The SMILES string of the molecule is [CH2]CCS(=O)(=O)N=C. The van der Waals surface area contributed by atoms with Gasteiger partial charge in [-0.3, -0.25) is 0 Å². The van der Waals surface area contributed by atoms with Gasteiger partial charge >= 0.3 is 0 Å². The lowest BCUT2D eigenvalue weighted by Gasteiger charge is -1.88. The first-order chi connectivity index (χ1) is 3.62. The van der Waals surface area contributed by atoms with Crippen LogP contribution in [0.1, 0.15) is 6.42 Å². The molecule has 4 heteroatoms. The smallest absolute Gasteiger partial charge is 0.205 e. The Bertz CT molecular complexity index is 159. The summed E-state index contributed by atoms with van der Waals surface area (Å²) >= 11 is 0. The van der Waals surface area contributed by atoms with E-state index in [0.717, 1.165) is 0 Å². The highest BCUT2D eigenvalue weighted by atomic mass is 32.2. The van der Waals surface area contributed by atoms with Gasteiger partial charge in [0.05, 0.1) is 5.75 Å². The third-order valence-electron chi connectivity index (χ3n) is 0.599. The molecule has 0 bridgehead atoms. The van der Waals surface area contributed by atoms with Gasteiger partial charge in [-0.25, -0.2) is 8.42 Å². The van der Waals surface area contributed by atoms with Crippen molar-refractivity contribution in [1.82, 2.24) is 0 Å². The summed E-state index contributed by atoms with van der Waals surface area (Å²) in [5.41, 5.74) is 0. The van der Waals surface area contributed by atoms with Crippen molar-refractivity contribution in [3.63, 3.8) is 0 Å². The molecule has 0 atom stereocenters. The van der Waals surface area contributed by atoms with E-state index in [9.17, 15) is 8.42 Å². The van der Waals surface area contributed by atoms with Crippen LogP contribution in [0, 0.1) is 6.92 Å². The molecule has 0 heterocycles. The maximum atomic E-state index is 10.3. The van der Waals surface area contributed by atoms with Crippen LogP contribution in [0.5, 0.6) is 0 Å². The normalized spacial score (nSPS) is 11.1. The van der Waals surface area contributed by atoms with Gasteiger partial charge in [0.25, 0.3) is 10.0 Å². The standard InChI is InChI=1S/C4H8NO2S/c1-3-4-8(6,7)5-2/h1-4H2. The third kappa shape index (κ3) is 2.74. The summed E-state index contributed by atoms with van der Waals surface area (Å²) < 4.78 is 23.6. The molecule has 0 saturated carbocycles. The molecule has 0 spiro atoms. The van der Waals surface area contributed by atoms with E-state index in [2.05, 4.69) is 18.0 Å². The summed E-state index contributed by atoms with van der Waals surface area (Å²) in [6, 6.07) is 0. The van der Waals surface area contributed by atoms with Crippen LogP contribution in [0.2, 0.25) is 0 Å². The van der Waals surface area contributed by atoms with Gasteiger partial charge in [0.2, 0.25) is 0 Å². The van der Waals surface area contributed by atoms with E-state index in [-0.39, 0.29) is 5.75 Å². The van der Waals surface area contributed by atoms with Gasteiger partial charge in [0, 0.05) is 6.72 Å². The fourth-order valence-electron chi connectivity index (χ4n) is 0.247. The molecule has 0 rings (SSSR count). The Morgan fingerprint density at radius 3 is 2.12 bits per heavy atom. The zero-order valence-electron chi connectivity index (χ0n) is 4.50. The maximum Gasteiger partial charge on any atom is 0.252 e. The Labute approximate surface area is 49.5 Å². The van der Waals surface area contributed by atoms with Gasteiger partial charge in [-0.15, -0.1) is 0 Å². The highest BCUT2D eigenvalue weighted by Gasteiger charge is 2.00. The van der Waals surface area contributed by atoms with Crippen LogP contribution in [0.4, 0.5) is 0 Å². The second kappa shape index (κ2) is 2.81. The van der Waals surface area contributed by atoms with Crippen molar-refractivity contribution in [2.24, 2.45) is 4.40 Å². The van der Waals surface area contributed by atoms with E-state index >= 15 is 0 Å². The van der Waals surface area contributed by atoms with Crippen LogP contribution in [0.25, 0.3) is 0 Å². The van der Waals surface area contributed by atoms with Gasteiger partial charge in [0.15, 0.2) is 0 Å². The lowest BCUT2D eigenvalue weighted by molar-refractivity contribution is 0.598. The first-order valence-corrected chi connectivity index (χ1v) is 3.73. The molecule has 0 amide bonds. The lowest BCUT2D eigenvalue weighted by atomic mass is 10.6. The van der Waals surface area contributed by atoms with Gasteiger partial charge in [-0.05, 0) is 6.42 Å². The summed E-state index contributed by atoms with van der Waals surface area (Å²) in [5, 5.41) is 0. The van der Waals surface area contributed by atoms with Crippen LogP contribution in [0.15, 0.2) is 4.40 Å². The monoisotopic (exact) mass is 134 g/mol. The molecule has 0 aromatic carbocycles. The minimum absolute atomic E-state index is 0.00347. The average Bonchev–Trinajstić information content (AvgIpc) is 1.67. The molecular formula is C4H8NO2S. The summed E-state index contributed by atoms with van der Waals surface area (Å²) in [6.45, 7) is 6.24. The predicted octanol–water partition coefficient (Wildman–Crippen LogP) is 0.241. The first kappa shape index (κ1) is 7.62. The molecule has 0 aromatic heterocycles. The second-order valence-corrected chi connectivity index (χ2v) is 3.10. The molecule has 0 fully saturated rings. The molecule has 0 aliphatic heterocycles. The summed E-state index contributed by atoms with van der Waals surface area (Å²) in [7, 11) is -3.22. The van der Waals surface area contributed by atoms with Crippen molar-refractivity contribution in [3.8, 4) is 0 Å². The highest BCUT2D eigenvalue weighted by Crippen LogP contribution is 1.90. The Morgan fingerprint density at radius 1 is 1.50 bits per heavy atom. The van der Waals surface area contributed by atoms with Crippen molar-refractivity contribution in [2.45, 2.75) is 6.42 Å². The van der Waals surface area contributed by atoms with E-state index < -0.39 is 10.0 Å². The minimum Gasteiger partial charge on any atom is -0.205 e. The molecular weight excluding hydrogens is 126 g/mol. The van der Waals surface area contributed by atoms with E-state index in [4.69, 9.17) is 0 Å². The fraction of sp³-hybridized carbons (Fsp3) is 0.500. The number of nitrogens with zero attached hydrogens (tertiary/aromatic N) is 1. The van der Waals surface area contributed by atoms with Crippen molar-refractivity contribution in [3.05, 3.63) is 6.92 Å². The number of hydrogen-bond donors (Lipinski definition) is 0. The number of sulfonamides is 1. The molecule has 0 N–H and O–H groups in total. The van der Waals surface area contributed by atoms with Gasteiger partial charge in [-0.1, -0.05) is 6.92 Å². The Hall–Kier alpha value is -0.380. The van der Waals surface area contributed by atoms with Gasteiger partial charge in [-0.2, -0.15) is 4.40 Å². The second-order valence-electron chi connectivity index (χ2n) is 1.27. The highest BCUT2D eigenvalue weighted by molar-refractivity contribution is 7.90. The maximum absolute atomic E-state index is 10.3. The lowest BCUT2D eigenvalue weighted by Crippen LogP contribution is -1.99. The van der Waals surface area contributed by atoms with Crippen LogP contribution in [0.3, 0.4) is 0 Å². The van der Waals surface area contributed by atoms with Crippen LogP contribution < -0.4 is 0 Å². The minimum atomic E-state index is -3.22. The molecule has 47 valence electrons. The van der Waals surface area contributed by atoms with Gasteiger partial charge < -0.3 is 0 Å². The summed E-state index contributed by atoms with van der Waals surface area (Å²) in [5.74, 6) is -0.00347. The van der Waals surface area contributed by atoms with Crippen LogP contribution in [-0.2, 0) is 10.0 Å². The third-order valence-corrected chi connectivity index (χ3v) is 1.80. The predicted molar refractivity (Wildman–Crippen MR) is 33.3 cm³/mol. The van der Waals surface area contributed by atoms with E-state index in [1.54, 1.807) is 0 Å². The molecule has 0 aliphatic rings. The molecule has 0 saturated heterocycles. The molecule has 8 heavy (non-hydrogen) atoms. The van der Waals surface area contributed by atoms with Crippen molar-refractivity contribution < 1.29 is 8.42 Å². The number of hydrogen-bond acceptors (Lipinski definition) is 2. The van der Waals surface area contributed by atoms with Gasteiger partial charge in [0.1, 0.15) is 0 Å². The average molecular weight is 134 g/mol. The zero-order valence-corrected chi connectivity index (χ0v) is 5.32. The first-order valence-electron chi connectivity index (χ1n) is 2.12. The summed E-state index contributed by atoms with van der Waals surface area (Å²) in [4.78, 5) is 0. The zero-order chi connectivity index (χ0) is 6.62. The summed E-state index contributed by atoms with van der Waals surface area (Å²) in [6.07, 6.45) is 0.349. The number of rotatable bonds is 3. The van der Waals surface area contributed by atoms with Crippen molar-refractivity contribution in [1.29, 1.82) is 0 Å². The largest absolute Gasteiger partial charge is 0.252 e. The molecule has 0 unspecified atom stereocenters.